The molecule has 0 saturated carbocycles. The average Bonchev–Trinajstić information content (AvgIpc) is 2.20. The maximum absolute atomic E-state index is 7.62. The summed E-state index contributed by atoms with van der Waals surface area (Å²) in [5.74, 6) is 0. The minimum absolute atomic E-state index is 0.125. The topological polar surface area (TPSA) is 49.7 Å². The predicted molar refractivity (Wildman–Crippen MR) is 56.8 cm³/mol. The quantitative estimate of drug-likeness (QED) is 0.668. The minimum Gasteiger partial charge on any atom is -0.394 e. The lowest BCUT2D eigenvalue weighted by Gasteiger charge is -1.86. The molecule has 0 amide bonds. The zero-order valence-electron chi connectivity index (χ0n) is 9.29. The van der Waals surface area contributed by atoms with E-state index < -0.39 is 0 Å². The van der Waals surface area contributed by atoms with Gasteiger partial charge in [0.15, 0.2) is 0 Å². The fourth-order valence-corrected chi connectivity index (χ4v) is 0.204. The minimum atomic E-state index is -0.125. The molecule has 0 aliphatic rings. The Hall–Kier alpha value is -0.380. The number of aliphatic hydroxyl groups is 2. The summed E-state index contributed by atoms with van der Waals surface area (Å²) in [6, 6.07) is 0. The summed E-state index contributed by atoms with van der Waals surface area (Å²) in [7, 11) is 0. The standard InChI is InChI=1S/C4H10O.C4H8.C2H6O2/c1-3-5-4-2;1-3-4-2;3-1-2-4/h3-4H2,1-2H3;3-4H,1-2H3;3-4H,1-2H2/b;4-3+;. The van der Waals surface area contributed by atoms with Crippen molar-refractivity contribution >= 4 is 0 Å². The molecule has 3 heteroatoms. The second-order valence-electron chi connectivity index (χ2n) is 1.90. The molecule has 0 atom stereocenters. The van der Waals surface area contributed by atoms with Gasteiger partial charge in [-0.2, -0.15) is 0 Å². The smallest absolute Gasteiger partial charge is 0.0662 e. The molecular weight excluding hydrogens is 168 g/mol. The summed E-state index contributed by atoms with van der Waals surface area (Å²) < 4.78 is 4.83. The molecule has 0 bridgehead atoms. The van der Waals surface area contributed by atoms with Crippen LogP contribution in [0.2, 0.25) is 0 Å². The highest BCUT2D eigenvalue weighted by Gasteiger charge is 1.64. The molecule has 2 N–H and O–H groups in total. The molecule has 3 nitrogen and oxygen atoms in total. The number of allylic oxidation sites excluding steroid dienone is 2. The Morgan fingerprint density at radius 1 is 0.923 bits per heavy atom. The molecule has 0 aromatic carbocycles. The van der Waals surface area contributed by atoms with Gasteiger partial charge < -0.3 is 14.9 Å². The van der Waals surface area contributed by atoms with E-state index in [1.54, 1.807) is 0 Å². The van der Waals surface area contributed by atoms with Gasteiger partial charge in [0, 0.05) is 13.2 Å². The van der Waals surface area contributed by atoms with Gasteiger partial charge in [0.1, 0.15) is 0 Å². The van der Waals surface area contributed by atoms with Crippen LogP contribution >= 0.6 is 0 Å². The summed E-state index contributed by atoms with van der Waals surface area (Å²) in [5.41, 5.74) is 0. The van der Waals surface area contributed by atoms with Gasteiger partial charge in [0.25, 0.3) is 0 Å². The maximum Gasteiger partial charge on any atom is 0.0662 e. The van der Waals surface area contributed by atoms with Gasteiger partial charge in [-0.05, 0) is 27.7 Å². The van der Waals surface area contributed by atoms with E-state index >= 15 is 0 Å². The Morgan fingerprint density at radius 2 is 1.23 bits per heavy atom. The first-order valence-electron chi connectivity index (χ1n) is 4.61. The van der Waals surface area contributed by atoms with Crippen molar-refractivity contribution in [3.05, 3.63) is 12.2 Å². The summed E-state index contributed by atoms with van der Waals surface area (Å²) in [4.78, 5) is 0. The Morgan fingerprint density at radius 3 is 1.23 bits per heavy atom. The van der Waals surface area contributed by atoms with Crippen molar-refractivity contribution in [2.24, 2.45) is 0 Å². The third kappa shape index (κ3) is 82.1. The zero-order chi connectivity index (χ0) is 10.9. The fraction of sp³-hybridized carbons (Fsp3) is 0.800. The first-order valence-corrected chi connectivity index (χ1v) is 4.61. The Balaban J connectivity index is -0.000000117. The lowest BCUT2D eigenvalue weighted by Crippen LogP contribution is -1.85. The van der Waals surface area contributed by atoms with Crippen LogP contribution in [0.4, 0.5) is 0 Å². The average molecular weight is 192 g/mol. The Bertz CT molecular complexity index is 64.6. The molecule has 0 unspecified atom stereocenters. The molecule has 13 heavy (non-hydrogen) atoms. The first-order chi connectivity index (χ1) is 6.24. The molecule has 0 aromatic heterocycles. The third-order valence-corrected chi connectivity index (χ3v) is 0.842. The van der Waals surface area contributed by atoms with Gasteiger partial charge in [-0.3, -0.25) is 0 Å². The molecule has 0 rings (SSSR count). The molecule has 82 valence electrons. The van der Waals surface area contributed by atoms with Crippen LogP contribution < -0.4 is 0 Å². The zero-order valence-corrected chi connectivity index (χ0v) is 9.29. The van der Waals surface area contributed by atoms with E-state index in [2.05, 4.69) is 0 Å². The van der Waals surface area contributed by atoms with Crippen molar-refractivity contribution < 1.29 is 14.9 Å². The highest BCUT2D eigenvalue weighted by atomic mass is 16.5. The molecule has 0 aliphatic carbocycles. The maximum atomic E-state index is 7.62. The van der Waals surface area contributed by atoms with Gasteiger partial charge in [0.2, 0.25) is 0 Å². The molecule has 0 spiro atoms. The molecule has 0 heterocycles. The Labute approximate surface area is 82.0 Å². The Kier molecular flexibility index (Phi) is 42.4. The van der Waals surface area contributed by atoms with Gasteiger partial charge >= 0.3 is 0 Å². The van der Waals surface area contributed by atoms with E-state index in [9.17, 15) is 0 Å². The highest BCUT2D eigenvalue weighted by molar-refractivity contribution is 4.68. The number of hydrogen-bond donors (Lipinski definition) is 2. The van der Waals surface area contributed by atoms with Crippen LogP contribution in [0.3, 0.4) is 0 Å². The predicted octanol–water partition coefficient (Wildman–Crippen LogP) is 1.60. The van der Waals surface area contributed by atoms with Crippen molar-refractivity contribution in [2.45, 2.75) is 27.7 Å². The van der Waals surface area contributed by atoms with Crippen molar-refractivity contribution in [2.75, 3.05) is 26.4 Å². The van der Waals surface area contributed by atoms with E-state index in [4.69, 9.17) is 14.9 Å². The van der Waals surface area contributed by atoms with Crippen LogP contribution in [-0.4, -0.2) is 36.6 Å². The lowest BCUT2D eigenvalue weighted by atomic mass is 10.6. The van der Waals surface area contributed by atoms with Crippen molar-refractivity contribution in [1.29, 1.82) is 0 Å². The largest absolute Gasteiger partial charge is 0.394 e. The van der Waals surface area contributed by atoms with Crippen LogP contribution in [0.1, 0.15) is 27.7 Å². The molecular formula is C10H24O3. The summed E-state index contributed by atoms with van der Waals surface area (Å²) >= 11 is 0. The lowest BCUT2D eigenvalue weighted by molar-refractivity contribution is 0.162. The van der Waals surface area contributed by atoms with Crippen molar-refractivity contribution in [3.8, 4) is 0 Å². The number of ether oxygens (including phenoxy) is 1. The van der Waals surface area contributed by atoms with E-state index in [1.807, 2.05) is 39.8 Å². The SMILES string of the molecule is C/C=C/C.CCOCC.OCCO. The van der Waals surface area contributed by atoms with E-state index in [0.717, 1.165) is 13.2 Å². The van der Waals surface area contributed by atoms with Gasteiger partial charge in [-0.1, -0.05) is 12.2 Å². The van der Waals surface area contributed by atoms with E-state index in [1.165, 1.54) is 0 Å². The van der Waals surface area contributed by atoms with E-state index in [-0.39, 0.29) is 13.2 Å². The van der Waals surface area contributed by atoms with Crippen molar-refractivity contribution in [3.63, 3.8) is 0 Å². The second-order valence-corrected chi connectivity index (χ2v) is 1.90. The summed E-state index contributed by atoms with van der Waals surface area (Å²) in [6.45, 7) is 9.42. The van der Waals surface area contributed by atoms with Gasteiger partial charge in [-0.15, -0.1) is 0 Å². The van der Waals surface area contributed by atoms with E-state index in [0.29, 0.717) is 0 Å². The number of hydrogen-bond acceptors (Lipinski definition) is 3. The highest BCUT2D eigenvalue weighted by Crippen LogP contribution is 1.64. The van der Waals surface area contributed by atoms with Crippen molar-refractivity contribution in [1.82, 2.24) is 0 Å². The second kappa shape index (κ2) is 29.9. The van der Waals surface area contributed by atoms with Crippen LogP contribution in [0.25, 0.3) is 0 Å². The molecule has 0 aromatic rings. The first kappa shape index (κ1) is 18.4. The van der Waals surface area contributed by atoms with Gasteiger partial charge in [-0.25, -0.2) is 0 Å². The number of aliphatic hydroxyl groups excluding tert-OH is 2. The summed E-state index contributed by atoms with van der Waals surface area (Å²) in [5, 5.41) is 15.2. The molecule has 0 fully saturated rings. The normalized spacial score (nSPS) is 8.46. The fourth-order valence-electron chi connectivity index (χ4n) is 0.204. The van der Waals surface area contributed by atoms with Crippen LogP contribution in [0.5, 0.6) is 0 Å². The third-order valence-electron chi connectivity index (χ3n) is 0.842. The molecule has 0 aliphatic heterocycles. The molecule has 0 saturated heterocycles. The van der Waals surface area contributed by atoms with Crippen LogP contribution in [0.15, 0.2) is 12.2 Å². The molecule has 0 radical (unpaired) electrons. The van der Waals surface area contributed by atoms with Crippen LogP contribution in [0, 0.1) is 0 Å². The number of rotatable bonds is 3. The van der Waals surface area contributed by atoms with Crippen LogP contribution in [-0.2, 0) is 4.74 Å². The van der Waals surface area contributed by atoms with Gasteiger partial charge in [0.05, 0.1) is 13.2 Å². The monoisotopic (exact) mass is 192 g/mol. The summed E-state index contributed by atoms with van der Waals surface area (Å²) in [6.07, 6.45) is 4.00.